The maximum Gasteiger partial charge on any atom is 0.217 e. The normalized spacial score (nSPS) is 16.3. The Labute approximate surface area is 253 Å². The Balaban J connectivity index is 1.77. The Bertz CT molecular complexity index is 1630. The quantitative estimate of drug-likeness (QED) is 0.269. The van der Waals surface area contributed by atoms with E-state index in [1.165, 1.54) is 38.5 Å². The fourth-order valence-corrected chi connectivity index (χ4v) is 6.88. The van der Waals surface area contributed by atoms with Gasteiger partial charge in [-0.15, -0.1) is 0 Å². The number of benzene rings is 3. The molecule has 0 aliphatic carbocycles. The van der Waals surface area contributed by atoms with Gasteiger partial charge in [0.15, 0.2) is 11.6 Å². The van der Waals surface area contributed by atoms with Crippen molar-refractivity contribution in [3.8, 4) is 11.6 Å². The number of rotatable bonds is 10. The summed E-state index contributed by atoms with van der Waals surface area (Å²) in [5.74, 6) is -0.748. The molecule has 1 saturated heterocycles. The summed E-state index contributed by atoms with van der Waals surface area (Å²) in [6, 6.07) is 18.3. The maximum absolute atomic E-state index is 16.2. The molecule has 3 aromatic carbocycles. The molecule has 2 heterocycles. The molecule has 5 rings (SSSR count). The van der Waals surface area contributed by atoms with Crippen LogP contribution in [0.25, 0.3) is 10.9 Å². The van der Waals surface area contributed by atoms with E-state index in [0.717, 1.165) is 11.1 Å². The van der Waals surface area contributed by atoms with Crippen molar-refractivity contribution >= 4 is 27.4 Å². The highest BCUT2D eigenvalue weighted by Crippen LogP contribution is 2.49. The number of pyridine rings is 1. The van der Waals surface area contributed by atoms with Gasteiger partial charge >= 0.3 is 0 Å². The monoisotopic (exact) mass is 609 g/mol. The number of aromatic nitrogens is 1. The lowest BCUT2D eigenvalue weighted by Crippen LogP contribution is -2.38. The Morgan fingerprint density at radius 3 is 2.42 bits per heavy atom. The van der Waals surface area contributed by atoms with Gasteiger partial charge in [0.2, 0.25) is 5.88 Å². The first-order valence-corrected chi connectivity index (χ1v) is 15.7. The average Bonchev–Trinajstić information content (AvgIpc) is 3.00. The molecule has 0 saturated carbocycles. The first kappa shape index (κ1) is 30.8. The van der Waals surface area contributed by atoms with Crippen LogP contribution in [0.2, 0.25) is 0 Å². The minimum absolute atomic E-state index is 0.0224. The van der Waals surface area contributed by atoms with Crippen molar-refractivity contribution < 1.29 is 27.6 Å². The van der Waals surface area contributed by atoms with Crippen molar-refractivity contribution in [1.29, 1.82) is 0 Å². The zero-order chi connectivity index (χ0) is 30.7. The summed E-state index contributed by atoms with van der Waals surface area (Å²) in [4.78, 5) is 8.89. The third kappa shape index (κ3) is 6.37. The molecule has 0 spiro atoms. The predicted molar refractivity (Wildman–Crippen MR) is 167 cm³/mol. The number of aliphatic hydroxyl groups is 1. The van der Waals surface area contributed by atoms with Crippen molar-refractivity contribution in [3.05, 3.63) is 95.1 Å². The van der Waals surface area contributed by atoms with Crippen LogP contribution < -0.4 is 14.4 Å². The van der Waals surface area contributed by atoms with E-state index in [1.807, 2.05) is 43.3 Å². The SMILES string of the molecule is COc1cccc([C@@H](c2cc3cc(N4CCS(=O)CC4)ccc3nc2OC)[C@@](O)(CCN(C)C)c2cccc(F)c2)c1F. The molecule has 1 aliphatic rings. The number of nitrogens with zero attached hydrogens (tertiary/aromatic N) is 3. The van der Waals surface area contributed by atoms with Gasteiger partial charge < -0.3 is 24.4 Å². The van der Waals surface area contributed by atoms with Crippen molar-refractivity contribution in [2.45, 2.75) is 17.9 Å². The van der Waals surface area contributed by atoms with Gasteiger partial charge in [0.05, 0.1) is 25.7 Å². The molecule has 1 aliphatic heterocycles. The molecule has 7 nitrogen and oxygen atoms in total. The second-order valence-electron chi connectivity index (χ2n) is 11.1. The van der Waals surface area contributed by atoms with Crippen molar-refractivity contribution in [1.82, 2.24) is 9.88 Å². The Kier molecular flexibility index (Phi) is 9.29. The van der Waals surface area contributed by atoms with Crippen molar-refractivity contribution in [2.24, 2.45) is 0 Å². The van der Waals surface area contributed by atoms with Gasteiger partial charge in [0, 0.05) is 64.1 Å². The van der Waals surface area contributed by atoms with E-state index in [9.17, 15) is 13.7 Å². The van der Waals surface area contributed by atoms with Crippen LogP contribution in [0.1, 0.15) is 29.0 Å². The summed E-state index contributed by atoms with van der Waals surface area (Å²) < 4.78 is 54.0. The second kappa shape index (κ2) is 13.0. The standard InChI is InChI=1S/C33H37F2N3O4S/c1-37(2)14-13-33(39,23-7-5-8-24(34)21-23)30(26-9-6-10-29(41-3)31(26)35)27-20-22-19-25(38-15-17-43(40)18-16-38)11-12-28(22)36-32(27)42-4/h5-12,19-21,30,39H,13-18H2,1-4H3/t30-,33+/m0/s1. The van der Waals surface area contributed by atoms with Gasteiger partial charge in [0.25, 0.3) is 0 Å². The van der Waals surface area contributed by atoms with E-state index < -0.39 is 34.0 Å². The molecular formula is C33H37F2N3O4S. The highest BCUT2D eigenvalue weighted by molar-refractivity contribution is 7.85. The van der Waals surface area contributed by atoms with Gasteiger partial charge in [0.1, 0.15) is 11.4 Å². The maximum atomic E-state index is 16.2. The molecule has 228 valence electrons. The summed E-state index contributed by atoms with van der Waals surface area (Å²) in [7, 11) is 5.82. The van der Waals surface area contributed by atoms with Gasteiger partial charge in [-0.2, -0.15) is 0 Å². The fraction of sp³-hybridized carbons (Fsp3) is 0.364. The average molecular weight is 610 g/mol. The van der Waals surface area contributed by atoms with Crippen LogP contribution >= 0.6 is 0 Å². The number of anilines is 1. The lowest BCUT2D eigenvalue weighted by Gasteiger charge is -2.39. The predicted octanol–water partition coefficient (Wildman–Crippen LogP) is 5.07. The van der Waals surface area contributed by atoms with Gasteiger partial charge in [-0.3, -0.25) is 4.21 Å². The van der Waals surface area contributed by atoms with Gasteiger partial charge in [-0.05, 0) is 68.5 Å². The molecule has 0 unspecified atom stereocenters. The third-order valence-electron chi connectivity index (χ3n) is 8.10. The van der Waals surface area contributed by atoms with E-state index in [2.05, 4.69) is 4.90 Å². The smallest absolute Gasteiger partial charge is 0.217 e. The molecular weight excluding hydrogens is 572 g/mol. The topological polar surface area (TPSA) is 75.1 Å². The van der Waals surface area contributed by atoms with Crippen LogP contribution in [0.3, 0.4) is 0 Å². The number of ether oxygens (including phenoxy) is 2. The lowest BCUT2D eigenvalue weighted by atomic mass is 9.71. The summed E-state index contributed by atoms with van der Waals surface area (Å²) in [5, 5.41) is 13.5. The minimum atomic E-state index is -1.78. The van der Waals surface area contributed by atoms with Crippen molar-refractivity contribution in [2.75, 3.05) is 64.4 Å². The first-order chi connectivity index (χ1) is 20.6. The van der Waals surface area contributed by atoms with Crippen LogP contribution in [0.15, 0.2) is 66.7 Å². The molecule has 4 aromatic rings. The zero-order valence-corrected chi connectivity index (χ0v) is 25.7. The largest absolute Gasteiger partial charge is 0.494 e. The molecule has 0 radical (unpaired) electrons. The van der Waals surface area contributed by atoms with Crippen molar-refractivity contribution in [3.63, 3.8) is 0 Å². The van der Waals surface area contributed by atoms with E-state index in [0.29, 0.717) is 47.8 Å². The highest BCUT2D eigenvalue weighted by atomic mass is 32.2. The molecule has 43 heavy (non-hydrogen) atoms. The molecule has 2 atom stereocenters. The van der Waals surface area contributed by atoms with Gasteiger partial charge in [-0.25, -0.2) is 13.8 Å². The van der Waals surface area contributed by atoms with Crippen LogP contribution in [-0.2, 0) is 16.4 Å². The fourth-order valence-electron chi connectivity index (χ4n) is 5.82. The summed E-state index contributed by atoms with van der Waals surface area (Å²) >= 11 is 0. The van der Waals surface area contributed by atoms with E-state index >= 15 is 4.39 Å². The van der Waals surface area contributed by atoms with Crippen LogP contribution in [0.5, 0.6) is 11.6 Å². The Hall–Kier alpha value is -3.60. The van der Waals surface area contributed by atoms with Crippen LogP contribution in [0.4, 0.5) is 14.5 Å². The summed E-state index contributed by atoms with van der Waals surface area (Å²) in [6.45, 7) is 1.78. The van der Waals surface area contributed by atoms with Gasteiger partial charge in [-0.1, -0.05) is 24.3 Å². The first-order valence-electron chi connectivity index (χ1n) is 14.2. The molecule has 1 N–H and O–H groups in total. The number of halogens is 2. The van der Waals surface area contributed by atoms with E-state index in [4.69, 9.17) is 14.5 Å². The summed E-state index contributed by atoms with van der Waals surface area (Å²) in [5.41, 5.74) is 0.760. The zero-order valence-electron chi connectivity index (χ0n) is 24.8. The number of hydrogen-bond donors (Lipinski definition) is 1. The third-order valence-corrected chi connectivity index (χ3v) is 9.38. The molecule has 1 fully saturated rings. The van der Waals surface area contributed by atoms with Crippen LogP contribution in [0, 0.1) is 11.6 Å². The highest BCUT2D eigenvalue weighted by Gasteiger charge is 2.44. The minimum Gasteiger partial charge on any atom is -0.494 e. The number of hydrogen-bond acceptors (Lipinski definition) is 7. The van der Waals surface area contributed by atoms with Crippen LogP contribution in [-0.4, -0.2) is 78.7 Å². The molecule has 10 heteroatoms. The Morgan fingerprint density at radius 1 is 1.00 bits per heavy atom. The Morgan fingerprint density at radius 2 is 1.74 bits per heavy atom. The molecule has 0 amide bonds. The number of methoxy groups -OCH3 is 2. The van der Waals surface area contributed by atoms with E-state index in [-0.39, 0.29) is 23.6 Å². The molecule has 0 bridgehead atoms. The molecule has 1 aromatic heterocycles. The summed E-state index contributed by atoms with van der Waals surface area (Å²) in [6.07, 6.45) is 0.150. The lowest BCUT2D eigenvalue weighted by molar-refractivity contribution is 0.00255. The number of fused-ring (bicyclic) bond motifs is 1. The van der Waals surface area contributed by atoms with E-state index in [1.54, 1.807) is 18.2 Å². The second-order valence-corrected chi connectivity index (χ2v) is 12.8.